The molecule has 4 aliphatic heterocycles. The van der Waals surface area contributed by atoms with Crippen molar-refractivity contribution < 1.29 is 15.3 Å². The molecule has 4 saturated heterocycles. The number of hydrogen-bond donors (Lipinski definition) is 6. The predicted molar refractivity (Wildman–Crippen MR) is 442 cm³/mol. The molecule has 0 spiro atoms. The molecule has 20 heteroatoms. The molecular weight excluding hydrogens is 1340 g/mol. The molecule has 11 heterocycles. The van der Waals surface area contributed by atoms with Gasteiger partial charge in [-0.3, -0.25) is 9.88 Å². The number of nitrogens with one attached hydrogen (secondary N) is 3. The van der Waals surface area contributed by atoms with E-state index in [2.05, 4.69) is 166 Å². The predicted octanol–water partition coefficient (Wildman–Crippen LogP) is 17.2. The number of anilines is 3. The zero-order valence-electron chi connectivity index (χ0n) is 68.0. The number of aliphatic hydroxyl groups is 3. The van der Waals surface area contributed by atoms with Crippen LogP contribution in [0, 0.1) is 25.7 Å². The van der Waals surface area contributed by atoms with E-state index in [0.29, 0.717) is 54.0 Å². The molecule has 108 heavy (non-hydrogen) atoms. The molecule has 20 nitrogen and oxygen atoms in total. The highest BCUT2D eigenvalue weighted by Gasteiger charge is 2.34. The first-order valence-corrected chi connectivity index (χ1v) is 43.8. The number of likely N-dealkylation sites (tertiary alicyclic amines) is 4. The molecule has 0 unspecified atom stereocenters. The number of rotatable bonds is 24. The molecule has 0 amide bonds. The largest absolute Gasteiger partial charge is 0.393 e. The maximum Gasteiger partial charge on any atom is 0.224 e. The molecule has 15 rings (SSSR count). The number of nitrogens with zero attached hydrogens (tertiary/aromatic N) is 14. The minimum atomic E-state index is -0.156. The number of pyridine rings is 1. The van der Waals surface area contributed by atoms with E-state index in [1.807, 2.05) is 0 Å². The van der Waals surface area contributed by atoms with Crippen LogP contribution in [0.1, 0.15) is 310 Å². The average Bonchev–Trinajstić information content (AvgIpc) is 1.63. The van der Waals surface area contributed by atoms with Crippen molar-refractivity contribution in [2.24, 2.45) is 11.8 Å². The Kier molecular flexibility index (Phi) is 28.6. The molecule has 0 bridgehead atoms. The second kappa shape index (κ2) is 38.6. The summed E-state index contributed by atoms with van der Waals surface area (Å²) in [5.41, 5.74) is 11.1. The molecule has 6 N–H and O–H groups in total. The fraction of sp³-hybridized carbons (Fsp3) is 0.739. The van der Waals surface area contributed by atoms with Gasteiger partial charge >= 0.3 is 0 Å². The Balaban J connectivity index is 0.000000143. The van der Waals surface area contributed by atoms with Gasteiger partial charge in [0, 0.05) is 121 Å². The lowest BCUT2D eigenvalue weighted by Crippen LogP contribution is -2.40. The minimum Gasteiger partial charge on any atom is -0.393 e. The third-order valence-electron chi connectivity index (χ3n) is 26.5. The highest BCUT2D eigenvalue weighted by Crippen LogP contribution is 2.43. The Hall–Kier alpha value is -5.87. The van der Waals surface area contributed by atoms with E-state index in [9.17, 15) is 15.3 Å². The zero-order valence-corrected chi connectivity index (χ0v) is 68.0. The van der Waals surface area contributed by atoms with E-state index >= 15 is 0 Å². The molecule has 594 valence electrons. The van der Waals surface area contributed by atoms with E-state index in [-0.39, 0.29) is 18.3 Å². The second-order valence-electron chi connectivity index (χ2n) is 35.4. The van der Waals surface area contributed by atoms with Crippen LogP contribution in [0.3, 0.4) is 0 Å². The van der Waals surface area contributed by atoms with Crippen LogP contribution in [0.4, 0.5) is 17.8 Å². The SMILES string of the molecule is CCC[C@H](C)Nc1ncc2c(C3CCN(CC4CCCCC4)CC3)cn(C3CCC(O)CC3)c2n1.CCC[C@H](C)Nc1ncc2c(C3CCN(CC4CCN(C)CC4)CC3)cn(C3CCC(O)CC3)c2n1.CCC[C@H](C)Nc1ncc2c(C3CCN(Cc4cc(C)nc(C)c4)CC3)cn(C3CCC(O)CC3)c2n1. The van der Waals surface area contributed by atoms with Crippen LogP contribution < -0.4 is 16.0 Å². The summed E-state index contributed by atoms with van der Waals surface area (Å²) in [7, 11) is 2.25. The van der Waals surface area contributed by atoms with Crippen LogP contribution >= 0.6 is 0 Å². The third-order valence-corrected chi connectivity index (χ3v) is 26.5. The highest BCUT2D eigenvalue weighted by atomic mass is 16.3. The average molecular weight is 1480 g/mol. The number of aryl methyl sites for hydroxylation is 2. The van der Waals surface area contributed by atoms with E-state index in [0.717, 1.165) is 206 Å². The van der Waals surface area contributed by atoms with Gasteiger partial charge in [0.2, 0.25) is 17.8 Å². The minimum absolute atomic E-state index is 0.136. The molecule has 4 saturated carbocycles. The first kappa shape index (κ1) is 80.2. The van der Waals surface area contributed by atoms with Crippen molar-refractivity contribution >= 4 is 50.9 Å². The van der Waals surface area contributed by atoms with E-state index in [4.69, 9.17) is 29.9 Å². The van der Waals surface area contributed by atoms with E-state index in [1.165, 1.54) is 161 Å². The Morgan fingerprint density at radius 3 is 1.06 bits per heavy atom. The Morgan fingerprint density at radius 2 is 0.722 bits per heavy atom. The lowest BCUT2D eigenvalue weighted by molar-refractivity contribution is 0.111. The number of aromatic nitrogens is 10. The zero-order chi connectivity index (χ0) is 75.2. The monoisotopic (exact) mass is 1480 g/mol. The van der Waals surface area contributed by atoms with Crippen molar-refractivity contribution in [2.45, 2.75) is 333 Å². The van der Waals surface area contributed by atoms with Crippen LogP contribution in [0.15, 0.2) is 49.3 Å². The van der Waals surface area contributed by atoms with Gasteiger partial charge in [0.05, 0.1) is 18.3 Å². The normalized spacial score (nSPS) is 25.0. The summed E-state index contributed by atoms with van der Waals surface area (Å²) in [6.07, 6.45) is 48.3. The van der Waals surface area contributed by atoms with Gasteiger partial charge in [-0.05, 0) is 319 Å². The fourth-order valence-corrected chi connectivity index (χ4v) is 20.2. The molecule has 7 aromatic heterocycles. The number of piperidine rings is 4. The van der Waals surface area contributed by atoms with Gasteiger partial charge in [-0.2, -0.15) is 15.0 Å². The lowest BCUT2D eigenvalue weighted by atomic mass is 9.86. The van der Waals surface area contributed by atoms with Crippen LogP contribution in [-0.2, 0) is 6.54 Å². The van der Waals surface area contributed by atoms with Crippen molar-refractivity contribution in [2.75, 3.05) is 88.4 Å². The van der Waals surface area contributed by atoms with Crippen LogP contribution in [-0.4, -0.2) is 192 Å². The molecule has 0 radical (unpaired) electrons. The van der Waals surface area contributed by atoms with Crippen LogP contribution in [0.25, 0.3) is 33.1 Å². The summed E-state index contributed by atoms with van der Waals surface area (Å²) in [6.45, 7) is 30.6. The van der Waals surface area contributed by atoms with Crippen LogP contribution in [0.2, 0.25) is 0 Å². The Morgan fingerprint density at radius 1 is 0.398 bits per heavy atom. The van der Waals surface area contributed by atoms with Gasteiger partial charge < -0.3 is 59.7 Å². The van der Waals surface area contributed by atoms with Crippen molar-refractivity contribution in [3.8, 4) is 0 Å². The molecule has 7 aromatic rings. The molecule has 3 atom stereocenters. The van der Waals surface area contributed by atoms with Gasteiger partial charge in [0.25, 0.3) is 0 Å². The molecule has 8 fully saturated rings. The molecule has 4 aliphatic carbocycles. The lowest BCUT2D eigenvalue weighted by Gasteiger charge is -2.37. The summed E-state index contributed by atoms with van der Waals surface area (Å²) in [5.74, 6) is 5.73. The highest BCUT2D eigenvalue weighted by molar-refractivity contribution is 5.83. The van der Waals surface area contributed by atoms with Crippen molar-refractivity contribution in [1.82, 2.24) is 68.2 Å². The standard InChI is InChI=1S/C30H44N6O.C29H48N6O.C29H47N5O/c1-5-6-20(2)33-30-31-17-27-28(19-36(29(27)34-30)25-7-9-26(37)10-8-25)24-11-13-35(14-12-24)18-23-15-21(3)32-22(4)16-23;1-4-5-21(2)31-29-30-18-26-27(20-35(28(26)32-29)24-6-8-25(36)9-7-24)23-12-16-34(17-13-23)19-22-10-14-33(3)15-11-22;1-3-7-21(2)31-29-30-18-26-27(20-34(28(26)32-29)24-10-12-25(35)13-11-24)23-14-16-33(17-15-23)19-22-8-5-4-6-9-22/h15-17,19-20,24-26,37H,5-14,18H2,1-4H3,(H,31,33,34);18,20-25,36H,4-17,19H2,1-3H3,(H,30,31,32);18,20-25,35H,3-17,19H2,1-2H3,(H,30,31,32)/t20-,25?,26?;2*21-,24?,25?/m000/s1. The van der Waals surface area contributed by atoms with Gasteiger partial charge in [0.1, 0.15) is 16.9 Å². The molecular formula is C88H139N17O3. The van der Waals surface area contributed by atoms with Gasteiger partial charge in [-0.15, -0.1) is 0 Å². The topological polar surface area (TPSA) is 215 Å². The van der Waals surface area contributed by atoms with Crippen molar-refractivity contribution in [1.29, 1.82) is 0 Å². The van der Waals surface area contributed by atoms with Crippen molar-refractivity contribution in [3.63, 3.8) is 0 Å². The summed E-state index contributed by atoms with van der Waals surface area (Å²) in [4.78, 5) is 44.5. The first-order chi connectivity index (χ1) is 52.5. The van der Waals surface area contributed by atoms with Gasteiger partial charge in [-0.25, -0.2) is 15.0 Å². The fourth-order valence-electron chi connectivity index (χ4n) is 20.2. The Labute approximate surface area is 647 Å². The van der Waals surface area contributed by atoms with Gasteiger partial charge in [-0.1, -0.05) is 59.3 Å². The number of hydrogen-bond acceptors (Lipinski definition) is 17. The maximum absolute atomic E-state index is 10.1. The first-order valence-electron chi connectivity index (χ1n) is 43.8. The smallest absolute Gasteiger partial charge is 0.224 e. The van der Waals surface area contributed by atoms with Crippen molar-refractivity contribution in [3.05, 3.63) is 83.0 Å². The second-order valence-corrected chi connectivity index (χ2v) is 35.4. The Bertz CT molecular complexity index is 3860. The summed E-state index contributed by atoms with van der Waals surface area (Å²) >= 11 is 0. The maximum atomic E-state index is 10.1. The van der Waals surface area contributed by atoms with Crippen LogP contribution in [0.5, 0.6) is 0 Å². The molecule has 0 aromatic carbocycles. The summed E-state index contributed by atoms with van der Waals surface area (Å²) in [6, 6.07) is 6.78. The quantitative estimate of drug-likeness (QED) is 0.0332. The van der Waals surface area contributed by atoms with E-state index in [1.54, 1.807) is 0 Å². The third kappa shape index (κ3) is 21.1. The van der Waals surface area contributed by atoms with Gasteiger partial charge in [0.15, 0.2) is 0 Å². The summed E-state index contributed by atoms with van der Waals surface area (Å²) < 4.78 is 7.31. The number of fused-ring (bicyclic) bond motifs is 3. The molecule has 8 aliphatic rings. The summed E-state index contributed by atoms with van der Waals surface area (Å²) in [5, 5.41) is 44.5. The number of aliphatic hydroxyl groups excluding tert-OH is 3. The van der Waals surface area contributed by atoms with E-state index < -0.39 is 0 Å².